The molecule has 1 aliphatic rings. The average molecular weight is 341 g/mol. The van der Waals surface area contributed by atoms with Gasteiger partial charge in [-0.3, -0.25) is 4.79 Å². The number of anilines is 1. The second-order valence-corrected chi connectivity index (χ2v) is 7.24. The minimum absolute atomic E-state index is 0.124. The van der Waals surface area contributed by atoms with Crippen LogP contribution in [0.4, 0.5) is 5.69 Å². The Morgan fingerprint density at radius 3 is 2.74 bits per heavy atom. The lowest BCUT2D eigenvalue weighted by Crippen LogP contribution is -2.40. The van der Waals surface area contributed by atoms with E-state index in [9.17, 15) is 13.2 Å². The molecule has 1 aromatic rings. The molecule has 1 aromatic carbocycles. The van der Waals surface area contributed by atoms with E-state index in [1.54, 1.807) is 18.2 Å². The number of sulfonamides is 1. The molecule has 0 bridgehead atoms. The third-order valence-corrected chi connectivity index (χ3v) is 5.45. The highest BCUT2D eigenvalue weighted by molar-refractivity contribution is 7.89. The van der Waals surface area contributed by atoms with Crippen LogP contribution in [-0.2, 0) is 19.6 Å². The molecule has 0 saturated carbocycles. The van der Waals surface area contributed by atoms with Crippen molar-refractivity contribution in [1.82, 2.24) is 9.62 Å². The first-order chi connectivity index (χ1) is 11.0. The minimum Gasteiger partial charge on any atom is -0.379 e. The van der Waals surface area contributed by atoms with E-state index in [0.717, 1.165) is 13.0 Å². The number of morpholine rings is 1. The molecule has 0 aromatic heterocycles. The number of hydrogen-bond donors (Lipinski definition) is 2. The van der Waals surface area contributed by atoms with Gasteiger partial charge in [0.05, 0.1) is 18.1 Å². The molecule has 23 heavy (non-hydrogen) atoms. The van der Waals surface area contributed by atoms with E-state index in [-0.39, 0.29) is 10.8 Å². The highest BCUT2D eigenvalue weighted by atomic mass is 32.2. The third-order valence-electron chi connectivity index (χ3n) is 3.56. The number of rotatable bonds is 7. The molecule has 1 aliphatic heterocycles. The summed E-state index contributed by atoms with van der Waals surface area (Å²) in [6.07, 6.45) is 1.12. The molecule has 2 N–H and O–H groups in total. The van der Waals surface area contributed by atoms with E-state index in [0.29, 0.717) is 38.4 Å². The van der Waals surface area contributed by atoms with Gasteiger partial charge in [-0.15, -0.1) is 0 Å². The summed E-state index contributed by atoms with van der Waals surface area (Å²) in [5.41, 5.74) is 0.494. The Balaban J connectivity index is 2.05. The zero-order chi connectivity index (χ0) is 16.7. The quantitative estimate of drug-likeness (QED) is 0.711. The van der Waals surface area contributed by atoms with E-state index < -0.39 is 10.0 Å². The summed E-state index contributed by atoms with van der Waals surface area (Å²) in [5, 5.41) is 5.72. The van der Waals surface area contributed by atoms with Gasteiger partial charge in [-0.25, -0.2) is 8.42 Å². The summed E-state index contributed by atoms with van der Waals surface area (Å²) in [6.45, 7) is 2.27. The molecule has 0 atom stereocenters. The van der Waals surface area contributed by atoms with E-state index in [4.69, 9.17) is 4.74 Å². The fourth-order valence-corrected chi connectivity index (χ4v) is 3.77. The van der Waals surface area contributed by atoms with E-state index in [1.807, 2.05) is 7.05 Å². The second kappa shape index (κ2) is 8.39. The lowest BCUT2D eigenvalue weighted by atomic mass is 10.2. The molecule has 0 radical (unpaired) electrons. The number of amides is 1. The van der Waals surface area contributed by atoms with Crippen molar-refractivity contribution in [3.05, 3.63) is 24.3 Å². The van der Waals surface area contributed by atoms with Crippen LogP contribution in [0.1, 0.15) is 12.8 Å². The van der Waals surface area contributed by atoms with Crippen molar-refractivity contribution in [3.63, 3.8) is 0 Å². The smallest absolute Gasteiger partial charge is 0.243 e. The maximum absolute atomic E-state index is 12.6. The van der Waals surface area contributed by atoms with Crippen molar-refractivity contribution in [2.75, 3.05) is 45.2 Å². The summed E-state index contributed by atoms with van der Waals surface area (Å²) in [5.74, 6) is -0.124. The molecule has 1 heterocycles. The van der Waals surface area contributed by atoms with Gasteiger partial charge < -0.3 is 15.4 Å². The number of nitrogens with one attached hydrogen (secondary N) is 2. The fraction of sp³-hybridized carbons (Fsp3) is 0.533. The zero-order valence-corrected chi connectivity index (χ0v) is 14.1. The Morgan fingerprint density at radius 2 is 2.04 bits per heavy atom. The van der Waals surface area contributed by atoms with E-state index in [2.05, 4.69) is 10.6 Å². The van der Waals surface area contributed by atoms with Crippen LogP contribution in [0, 0.1) is 0 Å². The molecule has 0 unspecified atom stereocenters. The molecular weight excluding hydrogens is 318 g/mol. The van der Waals surface area contributed by atoms with Crippen molar-refractivity contribution in [2.45, 2.75) is 17.7 Å². The van der Waals surface area contributed by atoms with E-state index >= 15 is 0 Å². The van der Waals surface area contributed by atoms with Gasteiger partial charge in [0.1, 0.15) is 0 Å². The molecule has 1 saturated heterocycles. The van der Waals surface area contributed by atoms with Gasteiger partial charge in [0.2, 0.25) is 15.9 Å². The molecular formula is C15H23N3O4S. The summed E-state index contributed by atoms with van der Waals surface area (Å²) >= 11 is 0. The van der Waals surface area contributed by atoms with Crippen LogP contribution < -0.4 is 10.6 Å². The first kappa shape index (κ1) is 17.9. The standard InChI is InChI=1S/C15H23N3O4S/c1-16-7-3-6-15(19)17-13-4-2-5-14(12-13)23(20,21)18-8-10-22-11-9-18/h2,4-5,12,16H,3,6-11H2,1H3,(H,17,19). The minimum atomic E-state index is -3.55. The Hall–Kier alpha value is -1.48. The number of carbonyl (C=O) groups excluding carboxylic acids is 1. The predicted octanol–water partition coefficient (Wildman–Crippen LogP) is 0.646. The molecule has 0 spiro atoms. The van der Waals surface area contributed by atoms with Gasteiger partial charge in [-0.1, -0.05) is 6.07 Å². The van der Waals surface area contributed by atoms with Gasteiger partial charge in [0.25, 0.3) is 0 Å². The fourth-order valence-electron chi connectivity index (χ4n) is 2.32. The number of nitrogens with zero attached hydrogens (tertiary/aromatic N) is 1. The Labute approximate surface area is 137 Å². The first-order valence-electron chi connectivity index (χ1n) is 7.66. The lowest BCUT2D eigenvalue weighted by Gasteiger charge is -2.26. The van der Waals surface area contributed by atoms with Crippen LogP contribution in [0.2, 0.25) is 0 Å². The topological polar surface area (TPSA) is 87.7 Å². The number of hydrogen-bond acceptors (Lipinski definition) is 5. The van der Waals surface area contributed by atoms with Crippen molar-refractivity contribution in [3.8, 4) is 0 Å². The van der Waals surface area contributed by atoms with Gasteiger partial charge in [-0.05, 0) is 38.2 Å². The molecule has 7 nitrogen and oxygen atoms in total. The lowest BCUT2D eigenvalue weighted by molar-refractivity contribution is -0.116. The summed E-state index contributed by atoms with van der Waals surface area (Å²) in [7, 11) is -1.72. The van der Waals surface area contributed by atoms with Crippen LogP contribution in [-0.4, -0.2) is 58.5 Å². The highest BCUT2D eigenvalue weighted by Crippen LogP contribution is 2.20. The molecule has 128 valence electrons. The second-order valence-electron chi connectivity index (χ2n) is 5.30. The molecule has 1 amide bonds. The summed E-state index contributed by atoms with van der Waals surface area (Å²) in [6, 6.07) is 6.37. The number of benzene rings is 1. The monoisotopic (exact) mass is 341 g/mol. The Kier molecular flexibility index (Phi) is 6.52. The SMILES string of the molecule is CNCCCC(=O)Nc1cccc(S(=O)(=O)N2CCOCC2)c1. The van der Waals surface area contributed by atoms with Gasteiger partial charge in [-0.2, -0.15) is 4.31 Å². The van der Waals surface area contributed by atoms with E-state index in [1.165, 1.54) is 10.4 Å². The largest absolute Gasteiger partial charge is 0.379 e. The maximum Gasteiger partial charge on any atom is 0.243 e. The Bertz CT molecular complexity index is 627. The molecule has 0 aliphatic carbocycles. The molecule has 8 heteroatoms. The maximum atomic E-state index is 12.6. The predicted molar refractivity (Wildman–Crippen MR) is 87.8 cm³/mol. The van der Waals surface area contributed by atoms with Crippen LogP contribution in [0.3, 0.4) is 0 Å². The number of ether oxygens (including phenoxy) is 1. The van der Waals surface area contributed by atoms with Crippen LogP contribution in [0.5, 0.6) is 0 Å². The number of carbonyl (C=O) groups is 1. The van der Waals surface area contributed by atoms with Crippen LogP contribution in [0.25, 0.3) is 0 Å². The van der Waals surface area contributed by atoms with Crippen molar-refractivity contribution in [2.24, 2.45) is 0 Å². The van der Waals surface area contributed by atoms with Crippen molar-refractivity contribution < 1.29 is 17.9 Å². The average Bonchev–Trinajstić information content (AvgIpc) is 2.56. The highest BCUT2D eigenvalue weighted by Gasteiger charge is 2.26. The van der Waals surface area contributed by atoms with Crippen molar-refractivity contribution >= 4 is 21.6 Å². The van der Waals surface area contributed by atoms with Crippen LogP contribution in [0.15, 0.2) is 29.2 Å². The van der Waals surface area contributed by atoms with Crippen LogP contribution >= 0.6 is 0 Å². The molecule has 2 rings (SSSR count). The third kappa shape index (κ3) is 5.00. The van der Waals surface area contributed by atoms with Crippen molar-refractivity contribution in [1.29, 1.82) is 0 Å². The first-order valence-corrected chi connectivity index (χ1v) is 9.10. The summed E-state index contributed by atoms with van der Waals surface area (Å²) < 4.78 is 31.8. The molecule has 1 fully saturated rings. The summed E-state index contributed by atoms with van der Waals surface area (Å²) in [4.78, 5) is 12.0. The van der Waals surface area contributed by atoms with Gasteiger partial charge >= 0.3 is 0 Å². The normalized spacial score (nSPS) is 16.2. The van der Waals surface area contributed by atoms with Gasteiger partial charge in [0, 0.05) is 25.2 Å². The van der Waals surface area contributed by atoms with Gasteiger partial charge in [0.15, 0.2) is 0 Å². The zero-order valence-electron chi connectivity index (χ0n) is 13.2. The Morgan fingerprint density at radius 1 is 1.30 bits per heavy atom.